The van der Waals surface area contributed by atoms with Crippen molar-refractivity contribution in [3.05, 3.63) is 71.9 Å². The molecular weight excluding hydrogens is 305 g/mol. The van der Waals surface area contributed by atoms with Crippen molar-refractivity contribution in [2.24, 2.45) is 0 Å². The van der Waals surface area contributed by atoms with Crippen LogP contribution in [-0.4, -0.2) is 10.9 Å². The molecule has 0 aliphatic heterocycles. The number of benzene rings is 2. The standard InChI is InChI=1S/C17H11F3N2O/c18-17(19,20)12-5-3-6-13(10-12)21-16(23)15-9-8-11-4-1-2-7-14(11)22-15/h1-10H,(H,21,23). The van der Waals surface area contributed by atoms with Crippen LogP contribution < -0.4 is 5.32 Å². The predicted octanol–water partition coefficient (Wildman–Crippen LogP) is 4.51. The Kier molecular flexibility index (Phi) is 3.73. The Labute approximate surface area is 129 Å². The van der Waals surface area contributed by atoms with Crippen LogP contribution in [0.2, 0.25) is 0 Å². The van der Waals surface area contributed by atoms with Crippen molar-refractivity contribution in [3.63, 3.8) is 0 Å². The highest BCUT2D eigenvalue weighted by molar-refractivity contribution is 6.04. The van der Waals surface area contributed by atoms with E-state index < -0.39 is 17.6 Å². The molecule has 3 rings (SSSR count). The van der Waals surface area contributed by atoms with Crippen LogP contribution >= 0.6 is 0 Å². The molecule has 1 aromatic heterocycles. The number of para-hydroxylation sites is 1. The summed E-state index contributed by atoms with van der Waals surface area (Å²) in [4.78, 5) is 16.4. The van der Waals surface area contributed by atoms with Crippen molar-refractivity contribution in [3.8, 4) is 0 Å². The highest BCUT2D eigenvalue weighted by Crippen LogP contribution is 2.30. The maximum absolute atomic E-state index is 12.7. The van der Waals surface area contributed by atoms with Crippen LogP contribution in [0.3, 0.4) is 0 Å². The first-order valence-electron chi connectivity index (χ1n) is 6.78. The van der Waals surface area contributed by atoms with Crippen LogP contribution in [0, 0.1) is 0 Å². The van der Waals surface area contributed by atoms with E-state index in [2.05, 4.69) is 10.3 Å². The zero-order chi connectivity index (χ0) is 16.4. The average molecular weight is 316 g/mol. The van der Waals surface area contributed by atoms with Gasteiger partial charge in [-0.1, -0.05) is 30.3 Å². The topological polar surface area (TPSA) is 42.0 Å². The lowest BCUT2D eigenvalue weighted by Crippen LogP contribution is -2.14. The third kappa shape index (κ3) is 3.31. The van der Waals surface area contributed by atoms with Gasteiger partial charge in [-0.25, -0.2) is 4.98 Å². The lowest BCUT2D eigenvalue weighted by Gasteiger charge is -2.10. The fourth-order valence-electron chi connectivity index (χ4n) is 2.16. The molecule has 0 aliphatic carbocycles. The third-order valence-corrected chi connectivity index (χ3v) is 3.28. The Bertz CT molecular complexity index is 875. The number of amides is 1. The largest absolute Gasteiger partial charge is 0.416 e. The van der Waals surface area contributed by atoms with E-state index in [4.69, 9.17) is 0 Å². The first-order valence-corrected chi connectivity index (χ1v) is 6.78. The van der Waals surface area contributed by atoms with Crippen LogP contribution in [-0.2, 0) is 6.18 Å². The quantitative estimate of drug-likeness (QED) is 0.756. The smallest absolute Gasteiger partial charge is 0.321 e. The SMILES string of the molecule is O=C(Nc1cccc(C(F)(F)F)c1)c1ccc2ccccc2n1. The van der Waals surface area contributed by atoms with Crippen molar-refractivity contribution < 1.29 is 18.0 Å². The third-order valence-electron chi connectivity index (χ3n) is 3.28. The van der Waals surface area contributed by atoms with Crippen LogP contribution in [0.4, 0.5) is 18.9 Å². The lowest BCUT2D eigenvalue weighted by molar-refractivity contribution is -0.137. The van der Waals surface area contributed by atoms with Gasteiger partial charge < -0.3 is 5.32 Å². The van der Waals surface area contributed by atoms with Crippen molar-refractivity contribution in [1.82, 2.24) is 4.98 Å². The maximum atomic E-state index is 12.7. The number of halogens is 3. The molecule has 0 unspecified atom stereocenters. The molecule has 1 N–H and O–H groups in total. The summed E-state index contributed by atoms with van der Waals surface area (Å²) in [6, 6.07) is 15.0. The number of pyridine rings is 1. The number of carbonyl (C=O) groups excluding carboxylic acids is 1. The van der Waals surface area contributed by atoms with E-state index in [9.17, 15) is 18.0 Å². The Hall–Kier alpha value is -2.89. The molecule has 0 spiro atoms. The Morgan fingerprint density at radius 3 is 2.52 bits per heavy atom. The maximum Gasteiger partial charge on any atom is 0.416 e. The predicted molar refractivity (Wildman–Crippen MR) is 81.1 cm³/mol. The highest BCUT2D eigenvalue weighted by atomic mass is 19.4. The molecule has 23 heavy (non-hydrogen) atoms. The molecule has 3 aromatic rings. The molecule has 2 aromatic carbocycles. The minimum atomic E-state index is -4.46. The fourth-order valence-corrected chi connectivity index (χ4v) is 2.16. The summed E-state index contributed by atoms with van der Waals surface area (Å²) in [6.45, 7) is 0. The first-order chi connectivity index (χ1) is 10.9. The van der Waals surface area contributed by atoms with Gasteiger partial charge in [-0.15, -0.1) is 0 Å². The van der Waals surface area contributed by atoms with Crippen molar-refractivity contribution in [1.29, 1.82) is 0 Å². The summed E-state index contributed by atoms with van der Waals surface area (Å²) in [7, 11) is 0. The molecule has 0 aliphatic rings. The van der Waals surface area contributed by atoms with E-state index in [-0.39, 0.29) is 11.4 Å². The second-order valence-electron chi connectivity index (χ2n) is 4.92. The molecule has 1 amide bonds. The van der Waals surface area contributed by atoms with Gasteiger partial charge in [0.05, 0.1) is 11.1 Å². The van der Waals surface area contributed by atoms with Gasteiger partial charge in [0.1, 0.15) is 5.69 Å². The van der Waals surface area contributed by atoms with Gasteiger partial charge in [0.25, 0.3) is 5.91 Å². The summed E-state index contributed by atoms with van der Waals surface area (Å²) < 4.78 is 38.0. The van der Waals surface area contributed by atoms with E-state index in [0.717, 1.165) is 17.5 Å². The number of carbonyl (C=O) groups is 1. The van der Waals surface area contributed by atoms with Gasteiger partial charge in [0.15, 0.2) is 0 Å². The van der Waals surface area contributed by atoms with Crippen molar-refractivity contribution in [2.75, 3.05) is 5.32 Å². The number of anilines is 1. The minimum Gasteiger partial charge on any atom is -0.321 e. The van der Waals surface area contributed by atoms with Gasteiger partial charge in [0.2, 0.25) is 0 Å². The van der Waals surface area contributed by atoms with Crippen LogP contribution in [0.1, 0.15) is 16.1 Å². The summed E-state index contributed by atoms with van der Waals surface area (Å²) in [5.74, 6) is -0.560. The average Bonchev–Trinajstić information content (AvgIpc) is 2.54. The van der Waals surface area contributed by atoms with Crippen LogP contribution in [0.25, 0.3) is 10.9 Å². The monoisotopic (exact) mass is 316 g/mol. The second-order valence-corrected chi connectivity index (χ2v) is 4.92. The molecule has 116 valence electrons. The zero-order valence-electron chi connectivity index (χ0n) is 11.8. The molecule has 0 radical (unpaired) electrons. The number of aromatic nitrogens is 1. The van der Waals surface area contributed by atoms with Gasteiger partial charge in [-0.05, 0) is 30.3 Å². The molecule has 6 heteroatoms. The highest BCUT2D eigenvalue weighted by Gasteiger charge is 2.30. The second kappa shape index (κ2) is 5.72. The van der Waals surface area contributed by atoms with E-state index in [1.54, 1.807) is 18.2 Å². The van der Waals surface area contributed by atoms with Crippen LogP contribution in [0.5, 0.6) is 0 Å². The lowest BCUT2D eigenvalue weighted by atomic mass is 10.2. The molecular formula is C17H11F3N2O. The zero-order valence-corrected chi connectivity index (χ0v) is 11.8. The van der Waals surface area contributed by atoms with E-state index in [0.29, 0.717) is 5.52 Å². The summed E-state index contributed by atoms with van der Waals surface area (Å²) in [5.41, 5.74) is 0.0341. The number of nitrogens with one attached hydrogen (secondary N) is 1. The number of nitrogens with zero attached hydrogens (tertiary/aromatic N) is 1. The Balaban J connectivity index is 1.86. The van der Waals surface area contributed by atoms with Gasteiger partial charge in [-0.2, -0.15) is 13.2 Å². The normalized spacial score (nSPS) is 11.4. The summed E-state index contributed by atoms with van der Waals surface area (Å²) in [6.07, 6.45) is -4.46. The van der Waals surface area contributed by atoms with Crippen LogP contribution in [0.15, 0.2) is 60.7 Å². The number of alkyl halides is 3. The molecule has 0 atom stereocenters. The molecule has 0 bridgehead atoms. The summed E-state index contributed by atoms with van der Waals surface area (Å²) >= 11 is 0. The van der Waals surface area contributed by atoms with Crippen molar-refractivity contribution in [2.45, 2.75) is 6.18 Å². The Morgan fingerprint density at radius 1 is 0.957 bits per heavy atom. The number of rotatable bonds is 2. The van der Waals surface area contributed by atoms with E-state index in [1.165, 1.54) is 18.2 Å². The van der Waals surface area contributed by atoms with Gasteiger partial charge in [-0.3, -0.25) is 4.79 Å². The number of hydrogen-bond acceptors (Lipinski definition) is 2. The minimum absolute atomic E-state index is 0.0692. The van der Waals surface area contributed by atoms with Crippen molar-refractivity contribution >= 4 is 22.5 Å². The van der Waals surface area contributed by atoms with E-state index >= 15 is 0 Å². The van der Waals surface area contributed by atoms with E-state index in [1.807, 2.05) is 12.1 Å². The molecule has 0 saturated carbocycles. The molecule has 3 nitrogen and oxygen atoms in total. The Morgan fingerprint density at radius 2 is 1.74 bits per heavy atom. The molecule has 0 fully saturated rings. The summed E-state index contributed by atoms with van der Waals surface area (Å²) in [5, 5.41) is 3.31. The number of fused-ring (bicyclic) bond motifs is 1. The molecule has 1 heterocycles. The number of hydrogen-bond donors (Lipinski definition) is 1. The first kappa shape index (κ1) is 15.0. The van der Waals surface area contributed by atoms with Gasteiger partial charge in [0, 0.05) is 11.1 Å². The van der Waals surface area contributed by atoms with Gasteiger partial charge >= 0.3 is 6.18 Å². The fraction of sp³-hybridized carbons (Fsp3) is 0.0588. The molecule has 0 saturated heterocycles.